The molecule has 4 nitrogen and oxygen atoms in total. The topological polar surface area (TPSA) is 66.4 Å². The van der Waals surface area contributed by atoms with Crippen LogP contribution in [0.2, 0.25) is 0 Å². The molecule has 0 aliphatic carbocycles. The van der Waals surface area contributed by atoms with Gasteiger partial charge in [-0.05, 0) is 32.0 Å². The van der Waals surface area contributed by atoms with Gasteiger partial charge in [0, 0.05) is 0 Å². The number of hydrogen-bond donors (Lipinski definition) is 2. The van der Waals surface area contributed by atoms with Crippen LogP contribution in [-0.2, 0) is 11.2 Å². The van der Waals surface area contributed by atoms with E-state index in [-0.39, 0.29) is 17.4 Å². The van der Waals surface area contributed by atoms with E-state index in [1.807, 2.05) is 0 Å². The highest BCUT2D eigenvalue weighted by molar-refractivity contribution is 5.90. The normalized spacial score (nSPS) is 12.1. The van der Waals surface area contributed by atoms with Crippen LogP contribution in [0.4, 0.5) is 0 Å². The highest BCUT2D eigenvalue weighted by atomic mass is 16.4. The van der Waals surface area contributed by atoms with Gasteiger partial charge >= 0.3 is 5.97 Å². The van der Waals surface area contributed by atoms with Crippen molar-refractivity contribution in [3.05, 3.63) is 35.4 Å². The van der Waals surface area contributed by atoms with E-state index in [0.29, 0.717) is 12.0 Å². The van der Waals surface area contributed by atoms with E-state index in [0.717, 1.165) is 0 Å². The first-order chi connectivity index (χ1) is 7.56. The Hall–Kier alpha value is -1.68. The Balaban J connectivity index is 2.95. The molecule has 0 saturated carbocycles. The lowest BCUT2D eigenvalue weighted by molar-refractivity contribution is -0.118. The third kappa shape index (κ3) is 2.90. The minimum atomic E-state index is -0.964. The Morgan fingerprint density at radius 3 is 2.50 bits per heavy atom. The van der Waals surface area contributed by atoms with E-state index < -0.39 is 5.97 Å². The number of likely N-dealkylation sites (N-methyl/N-ethyl adjacent to an activating group) is 1. The summed E-state index contributed by atoms with van der Waals surface area (Å²) < 4.78 is 0. The van der Waals surface area contributed by atoms with Gasteiger partial charge in [-0.2, -0.15) is 0 Å². The average molecular weight is 221 g/mol. The van der Waals surface area contributed by atoms with Crippen molar-refractivity contribution in [2.45, 2.75) is 19.4 Å². The van der Waals surface area contributed by atoms with Crippen LogP contribution < -0.4 is 5.32 Å². The number of hydrogen-bond acceptors (Lipinski definition) is 3. The lowest BCUT2D eigenvalue weighted by Gasteiger charge is -2.14. The summed E-state index contributed by atoms with van der Waals surface area (Å²) in [5.74, 6) is -0.961. The Labute approximate surface area is 94.3 Å². The molecular weight excluding hydrogens is 206 g/mol. The van der Waals surface area contributed by atoms with E-state index in [9.17, 15) is 9.59 Å². The van der Waals surface area contributed by atoms with Crippen molar-refractivity contribution in [2.24, 2.45) is 0 Å². The summed E-state index contributed by atoms with van der Waals surface area (Å²) in [5, 5.41) is 11.9. The molecule has 0 fully saturated rings. The number of carboxylic acids is 1. The number of benzene rings is 1. The Bertz CT molecular complexity index is 401. The zero-order valence-electron chi connectivity index (χ0n) is 9.36. The molecule has 0 unspecified atom stereocenters. The van der Waals surface area contributed by atoms with Crippen molar-refractivity contribution in [1.29, 1.82) is 0 Å². The lowest BCUT2D eigenvalue weighted by Crippen LogP contribution is -2.34. The Kier molecular flexibility index (Phi) is 4.19. The number of rotatable bonds is 5. The number of carbonyl (C=O) groups is 2. The van der Waals surface area contributed by atoms with Gasteiger partial charge in [-0.1, -0.05) is 18.2 Å². The second-order valence-corrected chi connectivity index (χ2v) is 3.62. The minimum Gasteiger partial charge on any atom is -0.478 e. The van der Waals surface area contributed by atoms with Crippen molar-refractivity contribution in [2.75, 3.05) is 7.05 Å². The summed E-state index contributed by atoms with van der Waals surface area (Å²) >= 11 is 0. The fourth-order valence-corrected chi connectivity index (χ4v) is 1.58. The van der Waals surface area contributed by atoms with Crippen molar-refractivity contribution in [3.63, 3.8) is 0 Å². The molecule has 1 aromatic rings. The van der Waals surface area contributed by atoms with E-state index in [1.54, 1.807) is 31.3 Å². The number of nitrogens with one attached hydrogen (secondary N) is 1. The predicted octanol–water partition coefficient (Wildman–Crippen LogP) is 1.10. The number of ketones is 1. The summed E-state index contributed by atoms with van der Waals surface area (Å²) in [4.78, 5) is 22.2. The van der Waals surface area contributed by atoms with Crippen molar-refractivity contribution >= 4 is 11.8 Å². The van der Waals surface area contributed by atoms with Crippen LogP contribution in [0.3, 0.4) is 0 Å². The molecule has 0 amide bonds. The Morgan fingerprint density at radius 1 is 1.38 bits per heavy atom. The Morgan fingerprint density at radius 2 is 2.00 bits per heavy atom. The molecule has 2 N–H and O–H groups in total. The monoisotopic (exact) mass is 221 g/mol. The summed E-state index contributed by atoms with van der Waals surface area (Å²) in [6, 6.07) is 6.39. The van der Waals surface area contributed by atoms with Crippen LogP contribution in [0.5, 0.6) is 0 Å². The molecule has 0 spiro atoms. The zero-order chi connectivity index (χ0) is 12.1. The van der Waals surface area contributed by atoms with Gasteiger partial charge < -0.3 is 10.4 Å². The number of carbonyl (C=O) groups excluding carboxylic acids is 1. The second-order valence-electron chi connectivity index (χ2n) is 3.62. The molecule has 16 heavy (non-hydrogen) atoms. The summed E-state index contributed by atoms with van der Waals surface area (Å²) in [6.45, 7) is 1.49. The molecule has 1 atom stereocenters. The molecular formula is C12H15NO3. The maximum Gasteiger partial charge on any atom is 0.335 e. The third-order valence-electron chi connectivity index (χ3n) is 2.51. The first-order valence-electron chi connectivity index (χ1n) is 5.05. The smallest absolute Gasteiger partial charge is 0.335 e. The van der Waals surface area contributed by atoms with Gasteiger partial charge in [-0.25, -0.2) is 4.79 Å². The van der Waals surface area contributed by atoms with Gasteiger partial charge in [0.05, 0.1) is 11.6 Å². The van der Waals surface area contributed by atoms with Gasteiger partial charge in [0.2, 0.25) is 0 Å². The van der Waals surface area contributed by atoms with Crippen molar-refractivity contribution < 1.29 is 14.7 Å². The van der Waals surface area contributed by atoms with Crippen LogP contribution in [-0.4, -0.2) is 29.9 Å². The second kappa shape index (κ2) is 5.42. The highest BCUT2D eigenvalue weighted by Gasteiger charge is 2.16. The van der Waals surface area contributed by atoms with E-state index >= 15 is 0 Å². The van der Waals surface area contributed by atoms with E-state index in [4.69, 9.17) is 5.11 Å². The van der Waals surface area contributed by atoms with E-state index in [2.05, 4.69) is 5.32 Å². The fraction of sp³-hybridized carbons (Fsp3) is 0.333. The first-order valence-corrected chi connectivity index (χ1v) is 5.05. The summed E-state index contributed by atoms with van der Waals surface area (Å²) in [7, 11) is 1.69. The molecule has 0 radical (unpaired) electrons. The number of aromatic carboxylic acids is 1. The molecule has 4 heteroatoms. The maximum atomic E-state index is 11.3. The largest absolute Gasteiger partial charge is 0.478 e. The minimum absolute atomic E-state index is 0.00249. The quantitative estimate of drug-likeness (QED) is 0.781. The van der Waals surface area contributed by atoms with Crippen molar-refractivity contribution in [3.8, 4) is 0 Å². The summed E-state index contributed by atoms with van der Waals surface area (Å²) in [5.41, 5.74) is 0.925. The van der Waals surface area contributed by atoms with Crippen LogP contribution in [0, 0.1) is 0 Å². The number of Topliss-reactive ketones (excluding diaryl/α,β-unsaturated/α-hetero) is 1. The molecule has 86 valence electrons. The molecule has 0 bridgehead atoms. The molecule has 1 rings (SSSR count). The van der Waals surface area contributed by atoms with Crippen LogP contribution in [0.15, 0.2) is 24.3 Å². The van der Waals surface area contributed by atoms with Gasteiger partial charge in [0.15, 0.2) is 0 Å². The van der Waals surface area contributed by atoms with Gasteiger partial charge in [-0.15, -0.1) is 0 Å². The average Bonchev–Trinajstić information content (AvgIpc) is 2.25. The molecule has 0 saturated heterocycles. The van der Waals surface area contributed by atoms with Gasteiger partial charge in [-0.3, -0.25) is 4.79 Å². The molecule has 0 heterocycles. The van der Waals surface area contributed by atoms with Crippen LogP contribution >= 0.6 is 0 Å². The van der Waals surface area contributed by atoms with Crippen LogP contribution in [0.1, 0.15) is 22.8 Å². The van der Waals surface area contributed by atoms with Crippen LogP contribution in [0.25, 0.3) is 0 Å². The SMILES string of the molecule is CN[C@@H](Cc1ccccc1C(=O)O)C(C)=O. The molecule has 0 aromatic heterocycles. The van der Waals surface area contributed by atoms with Gasteiger partial charge in [0.1, 0.15) is 5.78 Å². The fourth-order valence-electron chi connectivity index (χ4n) is 1.58. The standard InChI is InChI=1S/C12H15NO3/c1-8(14)11(13-2)7-9-5-3-4-6-10(9)12(15)16/h3-6,11,13H,7H2,1-2H3,(H,15,16)/t11-/m0/s1. The first kappa shape index (κ1) is 12.4. The third-order valence-corrected chi connectivity index (χ3v) is 2.51. The maximum absolute atomic E-state index is 11.3. The highest BCUT2D eigenvalue weighted by Crippen LogP contribution is 2.11. The predicted molar refractivity (Wildman–Crippen MR) is 60.6 cm³/mol. The molecule has 0 aliphatic rings. The molecule has 0 aliphatic heterocycles. The van der Waals surface area contributed by atoms with E-state index in [1.165, 1.54) is 6.92 Å². The summed E-state index contributed by atoms with van der Waals surface area (Å²) in [6.07, 6.45) is 0.397. The molecule has 1 aromatic carbocycles. The lowest BCUT2D eigenvalue weighted by atomic mass is 9.98. The number of carboxylic acid groups (broad SMARTS) is 1. The zero-order valence-corrected chi connectivity index (χ0v) is 9.36. The van der Waals surface area contributed by atoms with Gasteiger partial charge in [0.25, 0.3) is 0 Å². The van der Waals surface area contributed by atoms with Crippen molar-refractivity contribution in [1.82, 2.24) is 5.32 Å².